The van der Waals surface area contributed by atoms with Crippen LogP contribution in [-0.2, 0) is 6.54 Å². The van der Waals surface area contributed by atoms with Crippen molar-refractivity contribution in [3.05, 3.63) is 11.1 Å². The molecule has 2 aliphatic heterocycles. The fourth-order valence-corrected chi connectivity index (χ4v) is 4.22. The number of rotatable bonds is 5. The summed E-state index contributed by atoms with van der Waals surface area (Å²) in [6.45, 7) is 7.24. The monoisotopic (exact) mass is 294 g/mol. The van der Waals surface area contributed by atoms with Gasteiger partial charge >= 0.3 is 0 Å². The molecule has 1 aromatic rings. The second-order valence-electron chi connectivity index (χ2n) is 6.09. The van der Waals surface area contributed by atoms with Gasteiger partial charge in [0.25, 0.3) is 0 Å². The molecule has 0 bridgehead atoms. The van der Waals surface area contributed by atoms with Gasteiger partial charge in [0, 0.05) is 31.6 Å². The molecule has 2 aliphatic rings. The second kappa shape index (κ2) is 6.87. The van der Waals surface area contributed by atoms with E-state index in [4.69, 9.17) is 4.98 Å². The molecule has 3 rings (SSSR count). The van der Waals surface area contributed by atoms with E-state index in [1.807, 2.05) is 7.05 Å². The first kappa shape index (κ1) is 14.3. The third-order valence-corrected chi connectivity index (χ3v) is 5.45. The number of piperidine rings is 1. The maximum absolute atomic E-state index is 4.72. The second-order valence-corrected chi connectivity index (χ2v) is 6.93. The normalized spacial score (nSPS) is 21.8. The van der Waals surface area contributed by atoms with Crippen molar-refractivity contribution in [3.63, 3.8) is 0 Å². The van der Waals surface area contributed by atoms with E-state index in [0.29, 0.717) is 0 Å². The molecule has 2 fully saturated rings. The summed E-state index contributed by atoms with van der Waals surface area (Å²) in [5, 5.41) is 6.57. The summed E-state index contributed by atoms with van der Waals surface area (Å²) in [5.41, 5.74) is 1.17. The first-order valence-electron chi connectivity index (χ1n) is 7.91. The summed E-state index contributed by atoms with van der Waals surface area (Å²) in [7, 11) is 1.98. The molecule has 0 radical (unpaired) electrons. The highest BCUT2D eigenvalue weighted by Crippen LogP contribution is 2.27. The molecule has 20 heavy (non-hydrogen) atoms. The highest BCUT2D eigenvalue weighted by Gasteiger charge is 2.24. The van der Waals surface area contributed by atoms with Crippen LogP contribution in [-0.4, -0.2) is 49.7 Å². The fraction of sp³-hybridized carbons (Fsp3) is 0.800. The number of hydrogen-bond donors (Lipinski definition) is 1. The van der Waals surface area contributed by atoms with Crippen molar-refractivity contribution in [1.29, 1.82) is 0 Å². The quantitative estimate of drug-likeness (QED) is 0.902. The Morgan fingerprint density at radius 2 is 2.00 bits per heavy atom. The van der Waals surface area contributed by atoms with Crippen LogP contribution in [0.1, 0.15) is 31.4 Å². The summed E-state index contributed by atoms with van der Waals surface area (Å²) < 4.78 is 0. The zero-order valence-corrected chi connectivity index (χ0v) is 13.3. The van der Waals surface area contributed by atoms with Crippen LogP contribution < -0.4 is 10.2 Å². The average Bonchev–Trinajstić information content (AvgIpc) is 3.12. The SMILES string of the molecule is CNCc1csc(N2CCC(CN3CCCC3)CC2)n1. The van der Waals surface area contributed by atoms with Gasteiger partial charge in [-0.05, 0) is 51.7 Å². The molecule has 0 saturated carbocycles. The van der Waals surface area contributed by atoms with Crippen molar-refractivity contribution in [2.45, 2.75) is 32.2 Å². The Morgan fingerprint density at radius 1 is 1.25 bits per heavy atom. The van der Waals surface area contributed by atoms with Crippen LogP contribution in [0.25, 0.3) is 0 Å². The molecule has 0 unspecified atom stereocenters. The van der Waals surface area contributed by atoms with Gasteiger partial charge in [-0.15, -0.1) is 11.3 Å². The lowest BCUT2D eigenvalue weighted by molar-refractivity contribution is 0.249. The first-order chi connectivity index (χ1) is 9.85. The molecule has 3 heterocycles. The Morgan fingerprint density at radius 3 is 2.70 bits per heavy atom. The minimum absolute atomic E-state index is 0.877. The van der Waals surface area contributed by atoms with Crippen LogP contribution in [0.5, 0.6) is 0 Å². The number of aromatic nitrogens is 1. The van der Waals surface area contributed by atoms with E-state index in [-0.39, 0.29) is 0 Å². The summed E-state index contributed by atoms with van der Waals surface area (Å²) in [4.78, 5) is 9.86. The standard InChI is InChI=1S/C15H26N4S/c1-16-10-14-12-20-15(17-14)19-8-4-13(5-9-19)11-18-6-2-3-7-18/h12-13,16H,2-11H2,1H3. The zero-order valence-electron chi connectivity index (χ0n) is 12.5. The van der Waals surface area contributed by atoms with E-state index in [2.05, 4.69) is 20.5 Å². The van der Waals surface area contributed by atoms with Crippen molar-refractivity contribution < 1.29 is 0 Å². The Bertz CT molecular complexity index is 406. The molecule has 5 heteroatoms. The van der Waals surface area contributed by atoms with Gasteiger partial charge < -0.3 is 15.1 Å². The number of anilines is 1. The molecular weight excluding hydrogens is 268 g/mol. The van der Waals surface area contributed by atoms with Crippen molar-refractivity contribution in [2.75, 3.05) is 44.7 Å². The van der Waals surface area contributed by atoms with Crippen LogP contribution in [0.3, 0.4) is 0 Å². The number of nitrogens with one attached hydrogen (secondary N) is 1. The molecule has 0 aromatic carbocycles. The van der Waals surface area contributed by atoms with Gasteiger partial charge in [-0.1, -0.05) is 0 Å². The summed E-state index contributed by atoms with van der Waals surface area (Å²) in [6.07, 6.45) is 5.48. The predicted octanol–water partition coefficient (Wildman–Crippen LogP) is 2.17. The molecule has 0 amide bonds. The average molecular weight is 294 g/mol. The predicted molar refractivity (Wildman–Crippen MR) is 85.5 cm³/mol. The van der Waals surface area contributed by atoms with E-state index in [9.17, 15) is 0 Å². The van der Waals surface area contributed by atoms with Gasteiger partial charge in [-0.25, -0.2) is 4.98 Å². The van der Waals surface area contributed by atoms with E-state index in [0.717, 1.165) is 12.5 Å². The molecule has 4 nitrogen and oxygen atoms in total. The van der Waals surface area contributed by atoms with E-state index >= 15 is 0 Å². The minimum atomic E-state index is 0.877. The van der Waals surface area contributed by atoms with Gasteiger partial charge in [0.1, 0.15) is 0 Å². The van der Waals surface area contributed by atoms with Gasteiger partial charge in [0.15, 0.2) is 5.13 Å². The highest BCUT2D eigenvalue weighted by atomic mass is 32.1. The lowest BCUT2D eigenvalue weighted by atomic mass is 9.96. The van der Waals surface area contributed by atoms with Crippen molar-refractivity contribution in [2.24, 2.45) is 5.92 Å². The molecule has 112 valence electrons. The van der Waals surface area contributed by atoms with E-state index in [1.165, 1.54) is 69.2 Å². The lowest BCUT2D eigenvalue weighted by Crippen LogP contribution is -2.38. The number of hydrogen-bond acceptors (Lipinski definition) is 5. The third-order valence-electron chi connectivity index (χ3n) is 4.50. The third kappa shape index (κ3) is 3.51. The Balaban J connectivity index is 1.47. The van der Waals surface area contributed by atoms with Crippen LogP contribution in [0.15, 0.2) is 5.38 Å². The van der Waals surface area contributed by atoms with E-state index in [1.54, 1.807) is 11.3 Å². The molecule has 0 aliphatic carbocycles. The Hall–Kier alpha value is -0.650. The molecule has 1 N–H and O–H groups in total. The van der Waals surface area contributed by atoms with Gasteiger partial charge in [0.05, 0.1) is 5.69 Å². The van der Waals surface area contributed by atoms with Crippen LogP contribution in [0.2, 0.25) is 0 Å². The van der Waals surface area contributed by atoms with Crippen LogP contribution in [0.4, 0.5) is 5.13 Å². The van der Waals surface area contributed by atoms with Gasteiger partial charge in [-0.3, -0.25) is 0 Å². The highest BCUT2D eigenvalue weighted by molar-refractivity contribution is 7.13. The molecule has 0 atom stereocenters. The van der Waals surface area contributed by atoms with Crippen molar-refractivity contribution in [1.82, 2.24) is 15.2 Å². The largest absolute Gasteiger partial charge is 0.348 e. The maximum atomic E-state index is 4.72. The van der Waals surface area contributed by atoms with Crippen molar-refractivity contribution >= 4 is 16.5 Å². The molecule has 1 aromatic heterocycles. The van der Waals surface area contributed by atoms with Gasteiger partial charge in [-0.2, -0.15) is 0 Å². The van der Waals surface area contributed by atoms with Crippen molar-refractivity contribution in [3.8, 4) is 0 Å². The minimum Gasteiger partial charge on any atom is -0.348 e. The van der Waals surface area contributed by atoms with Crippen LogP contribution in [0, 0.1) is 5.92 Å². The molecular formula is C15H26N4S. The summed E-state index contributed by atoms with van der Waals surface area (Å²) in [5.74, 6) is 0.904. The maximum Gasteiger partial charge on any atom is 0.185 e. The van der Waals surface area contributed by atoms with Crippen LogP contribution >= 0.6 is 11.3 Å². The number of nitrogens with zero attached hydrogens (tertiary/aromatic N) is 3. The Kier molecular flexibility index (Phi) is 4.91. The number of likely N-dealkylation sites (tertiary alicyclic amines) is 1. The topological polar surface area (TPSA) is 31.4 Å². The number of thiazole rings is 1. The smallest absolute Gasteiger partial charge is 0.185 e. The molecule has 2 saturated heterocycles. The Labute approximate surface area is 126 Å². The lowest BCUT2D eigenvalue weighted by Gasteiger charge is -2.33. The summed E-state index contributed by atoms with van der Waals surface area (Å²) in [6, 6.07) is 0. The van der Waals surface area contributed by atoms with E-state index < -0.39 is 0 Å². The molecule has 0 spiro atoms. The van der Waals surface area contributed by atoms with Gasteiger partial charge in [0.2, 0.25) is 0 Å². The summed E-state index contributed by atoms with van der Waals surface area (Å²) >= 11 is 1.79. The fourth-order valence-electron chi connectivity index (χ4n) is 3.34. The first-order valence-corrected chi connectivity index (χ1v) is 8.79. The zero-order chi connectivity index (χ0) is 13.8.